The minimum absolute atomic E-state index is 0.154. The van der Waals surface area contributed by atoms with Gasteiger partial charge in [-0.05, 0) is 18.1 Å². The Morgan fingerprint density at radius 1 is 1.41 bits per heavy atom. The SMILES string of the molecule is CC(C)CNC(=O)COc1cccn(CCOCCN)c1=O. The van der Waals surface area contributed by atoms with Crippen molar-refractivity contribution in [3.8, 4) is 5.75 Å². The second-order valence-corrected chi connectivity index (χ2v) is 5.26. The van der Waals surface area contributed by atoms with Crippen LogP contribution < -0.4 is 21.3 Å². The van der Waals surface area contributed by atoms with E-state index in [2.05, 4.69) is 5.32 Å². The number of carbonyl (C=O) groups is 1. The number of carbonyl (C=O) groups excluding carboxylic acids is 1. The summed E-state index contributed by atoms with van der Waals surface area (Å²) in [4.78, 5) is 23.7. The van der Waals surface area contributed by atoms with Crippen LogP contribution in [-0.4, -0.2) is 43.4 Å². The van der Waals surface area contributed by atoms with Crippen LogP contribution in [0.25, 0.3) is 0 Å². The van der Waals surface area contributed by atoms with Crippen LogP contribution >= 0.6 is 0 Å². The van der Waals surface area contributed by atoms with Crippen molar-refractivity contribution in [2.75, 3.05) is 32.9 Å². The molecule has 0 unspecified atom stereocenters. The molecule has 0 aliphatic heterocycles. The van der Waals surface area contributed by atoms with Crippen molar-refractivity contribution in [2.45, 2.75) is 20.4 Å². The number of rotatable bonds is 10. The molecule has 0 radical (unpaired) electrons. The zero-order valence-electron chi connectivity index (χ0n) is 13.2. The number of hydrogen-bond acceptors (Lipinski definition) is 5. The Morgan fingerprint density at radius 2 is 2.18 bits per heavy atom. The van der Waals surface area contributed by atoms with Crippen LogP contribution in [0.15, 0.2) is 23.1 Å². The zero-order valence-corrected chi connectivity index (χ0v) is 13.2. The first-order chi connectivity index (χ1) is 10.5. The Kier molecular flexibility index (Phi) is 8.24. The lowest BCUT2D eigenvalue weighted by Gasteiger charge is -2.10. The summed E-state index contributed by atoms with van der Waals surface area (Å²) in [6.07, 6.45) is 1.65. The van der Waals surface area contributed by atoms with Crippen LogP contribution in [0.5, 0.6) is 5.75 Å². The fraction of sp³-hybridized carbons (Fsp3) is 0.600. The summed E-state index contributed by atoms with van der Waals surface area (Å²) < 4.78 is 12.0. The number of aromatic nitrogens is 1. The van der Waals surface area contributed by atoms with E-state index in [1.54, 1.807) is 18.3 Å². The maximum atomic E-state index is 12.1. The summed E-state index contributed by atoms with van der Waals surface area (Å²) in [7, 11) is 0. The van der Waals surface area contributed by atoms with E-state index in [4.69, 9.17) is 15.2 Å². The lowest BCUT2D eigenvalue weighted by atomic mass is 10.2. The number of pyridine rings is 1. The van der Waals surface area contributed by atoms with Gasteiger partial charge in [-0.15, -0.1) is 0 Å². The summed E-state index contributed by atoms with van der Waals surface area (Å²) in [6, 6.07) is 3.25. The third-order valence-electron chi connectivity index (χ3n) is 2.79. The molecule has 1 rings (SSSR count). The molecule has 0 bridgehead atoms. The quantitative estimate of drug-likeness (QED) is 0.592. The highest BCUT2D eigenvalue weighted by atomic mass is 16.5. The maximum absolute atomic E-state index is 12.1. The maximum Gasteiger partial charge on any atom is 0.292 e. The van der Waals surface area contributed by atoms with Crippen LogP contribution in [0.2, 0.25) is 0 Å². The van der Waals surface area contributed by atoms with Gasteiger partial charge in [0.05, 0.1) is 13.2 Å². The normalized spacial score (nSPS) is 10.7. The highest BCUT2D eigenvalue weighted by molar-refractivity contribution is 5.77. The standard InChI is InChI=1S/C15H25N3O4/c1-12(2)10-17-14(19)11-22-13-4-3-6-18(15(13)20)7-9-21-8-5-16/h3-4,6,12H,5,7-11,16H2,1-2H3,(H,17,19). The van der Waals surface area contributed by atoms with Gasteiger partial charge in [0.2, 0.25) is 0 Å². The fourth-order valence-corrected chi connectivity index (χ4v) is 1.66. The van der Waals surface area contributed by atoms with Crippen LogP contribution in [0.3, 0.4) is 0 Å². The molecule has 0 aliphatic rings. The third kappa shape index (κ3) is 6.73. The van der Waals surface area contributed by atoms with E-state index in [0.717, 1.165) is 0 Å². The van der Waals surface area contributed by atoms with E-state index in [1.807, 2.05) is 13.8 Å². The summed E-state index contributed by atoms with van der Waals surface area (Å²) in [6.45, 7) is 6.14. The van der Waals surface area contributed by atoms with Gasteiger partial charge < -0.3 is 25.1 Å². The first kappa shape index (κ1) is 18.2. The van der Waals surface area contributed by atoms with E-state index < -0.39 is 0 Å². The summed E-state index contributed by atoms with van der Waals surface area (Å²) in [5.41, 5.74) is 5.04. The van der Waals surface area contributed by atoms with Gasteiger partial charge in [-0.25, -0.2) is 0 Å². The Balaban J connectivity index is 2.50. The number of ether oxygens (including phenoxy) is 2. The molecule has 0 spiro atoms. The summed E-state index contributed by atoms with van der Waals surface area (Å²) >= 11 is 0. The van der Waals surface area contributed by atoms with Crippen molar-refractivity contribution in [3.63, 3.8) is 0 Å². The number of nitrogens with one attached hydrogen (secondary N) is 1. The fourth-order valence-electron chi connectivity index (χ4n) is 1.66. The average Bonchev–Trinajstić information content (AvgIpc) is 2.49. The molecule has 0 aromatic carbocycles. The second kappa shape index (κ2) is 9.97. The summed E-state index contributed by atoms with van der Waals surface area (Å²) in [5, 5.41) is 2.73. The molecule has 1 heterocycles. The number of nitrogens with zero attached hydrogens (tertiary/aromatic N) is 1. The summed E-state index contributed by atoms with van der Waals surface area (Å²) in [5.74, 6) is 0.280. The van der Waals surface area contributed by atoms with Gasteiger partial charge in [-0.3, -0.25) is 9.59 Å². The van der Waals surface area contributed by atoms with Gasteiger partial charge in [0.15, 0.2) is 12.4 Å². The van der Waals surface area contributed by atoms with Crippen LogP contribution in [-0.2, 0) is 16.1 Å². The molecule has 7 nitrogen and oxygen atoms in total. The Labute approximate surface area is 130 Å². The highest BCUT2D eigenvalue weighted by Gasteiger charge is 2.08. The molecule has 124 valence electrons. The molecule has 1 aromatic rings. The molecule has 7 heteroatoms. The lowest BCUT2D eigenvalue weighted by Crippen LogP contribution is -2.33. The molecule has 1 amide bonds. The number of amides is 1. The van der Waals surface area contributed by atoms with Crippen molar-refractivity contribution in [1.29, 1.82) is 0 Å². The number of nitrogens with two attached hydrogens (primary N) is 1. The van der Waals surface area contributed by atoms with Crippen LogP contribution in [0.4, 0.5) is 0 Å². The van der Waals surface area contributed by atoms with Gasteiger partial charge in [0.1, 0.15) is 0 Å². The molecule has 0 saturated carbocycles. The minimum Gasteiger partial charge on any atom is -0.478 e. The van der Waals surface area contributed by atoms with Crippen molar-refractivity contribution < 1.29 is 14.3 Å². The molecular weight excluding hydrogens is 286 g/mol. The van der Waals surface area contributed by atoms with E-state index >= 15 is 0 Å². The minimum atomic E-state index is -0.282. The van der Waals surface area contributed by atoms with Gasteiger partial charge in [0, 0.05) is 25.8 Å². The average molecular weight is 311 g/mol. The molecule has 1 aromatic heterocycles. The predicted octanol–water partition coefficient (Wildman–Crippen LogP) is -0.0254. The van der Waals surface area contributed by atoms with E-state index in [0.29, 0.717) is 38.8 Å². The molecular formula is C15H25N3O4. The predicted molar refractivity (Wildman–Crippen MR) is 83.9 cm³/mol. The molecule has 22 heavy (non-hydrogen) atoms. The molecule has 0 fully saturated rings. The van der Waals surface area contributed by atoms with Crippen LogP contribution in [0.1, 0.15) is 13.8 Å². The van der Waals surface area contributed by atoms with E-state index in [9.17, 15) is 9.59 Å². The largest absolute Gasteiger partial charge is 0.478 e. The van der Waals surface area contributed by atoms with Gasteiger partial charge >= 0.3 is 0 Å². The highest BCUT2D eigenvalue weighted by Crippen LogP contribution is 2.02. The van der Waals surface area contributed by atoms with Crippen molar-refractivity contribution in [3.05, 3.63) is 28.7 Å². The van der Waals surface area contributed by atoms with Crippen molar-refractivity contribution in [1.82, 2.24) is 9.88 Å². The van der Waals surface area contributed by atoms with Crippen molar-refractivity contribution in [2.24, 2.45) is 11.7 Å². The smallest absolute Gasteiger partial charge is 0.292 e. The molecule has 0 saturated heterocycles. The Morgan fingerprint density at radius 3 is 2.86 bits per heavy atom. The first-order valence-corrected chi connectivity index (χ1v) is 7.41. The van der Waals surface area contributed by atoms with Gasteiger partial charge in [0.25, 0.3) is 11.5 Å². The molecule has 0 atom stereocenters. The Hall–Kier alpha value is -1.86. The Bertz CT molecular complexity index is 514. The van der Waals surface area contributed by atoms with Crippen molar-refractivity contribution >= 4 is 5.91 Å². The molecule has 3 N–H and O–H groups in total. The van der Waals surface area contributed by atoms with E-state index in [-0.39, 0.29) is 23.8 Å². The van der Waals surface area contributed by atoms with Crippen LogP contribution in [0, 0.1) is 5.92 Å². The monoisotopic (exact) mass is 311 g/mol. The number of hydrogen-bond donors (Lipinski definition) is 2. The second-order valence-electron chi connectivity index (χ2n) is 5.26. The lowest BCUT2D eigenvalue weighted by molar-refractivity contribution is -0.123. The van der Waals surface area contributed by atoms with Gasteiger partial charge in [-0.1, -0.05) is 13.8 Å². The van der Waals surface area contributed by atoms with Gasteiger partial charge in [-0.2, -0.15) is 0 Å². The third-order valence-corrected chi connectivity index (χ3v) is 2.79. The molecule has 0 aliphatic carbocycles. The zero-order chi connectivity index (χ0) is 16.4. The van der Waals surface area contributed by atoms with E-state index in [1.165, 1.54) is 4.57 Å². The topological polar surface area (TPSA) is 95.6 Å². The first-order valence-electron chi connectivity index (χ1n) is 7.41.